The van der Waals surface area contributed by atoms with Crippen LogP contribution in [0.1, 0.15) is 35.2 Å². The van der Waals surface area contributed by atoms with Gasteiger partial charge in [-0.05, 0) is 25.8 Å². The van der Waals surface area contributed by atoms with E-state index in [1.54, 1.807) is 0 Å². The highest BCUT2D eigenvalue weighted by Crippen LogP contribution is 2.15. The smallest absolute Gasteiger partial charge is 0.241 e. The van der Waals surface area contributed by atoms with E-state index >= 15 is 0 Å². The SMILES string of the molecule is Cc1ccc(C(N)C(=O)NC2CCc3nc(C)nn3C2)cc1.Cl. The summed E-state index contributed by atoms with van der Waals surface area (Å²) < 4.78 is 1.88. The maximum absolute atomic E-state index is 12.3. The average molecular weight is 336 g/mol. The fourth-order valence-corrected chi connectivity index (χ4v) is 2.77. The summed E-state index contributed by atoms with van der Waals surface area (Å²) in [5.74, 6) is 1.62. The summed E-state index contributed by atoms with van der Waals surface area (Å²) in [6.07, 6.45) is 1.69. The van der Waals surface area contributed by atoms with E-state index in [9.17, 15) is 4.79 Å². The third kappa shape index (κ3) is 3.89. The first kappa shape index (κ1) is 17.4. The van der Waals surface area contributed by atoms with Gasteiger partial charge in [0.05, 0.1) is 6.54 Å². The molecule has 2 unspecified atom stereocenters. The van der Waals surface area contributed by atoms with E-state index in [1.165, 1.54) is 0 Å². The van der Waals surface area contributed by atoms with Crippen LogP contribution in [0.5, 0.6) is 0 Å². The fourth-order valence-electron chi connectivity index (χ4n) is 2.77. The Morgan fingerprint density at radius 1 is 1.35 bits per heavy atom. The van der Waals surface area contributed by atoms with Crippen molar-refractivity contribution in [3.8, 4) is 0 Å². The van der Waals surface area contributed by atoms with Crippen molar-refractivity contribution in [1.29, 1.82) is 0 Å². The lowest BCUT2D eigenvalue weighted by atomic mass is 10.0. The first-order valence-corrected chi connectivity index (χ1v) is 7.56. The standard InChI is InChI=1S/C16H21N5O.ClH/c1-10-3-5-12(6-4-10)15(17)16(22)19-13-7-8-14-18-11(2)20-21(14)9-13;/h3-6,13,15H,7-9,17H2,1-2H3,(H,19,22);1H. The number of hydrogen-bond donors (Lipinski definition) is 2. The molecule has 2 atom stereocenters. The highest BCUT2D eigenvalue weighted by Gasteiger charge is 2.24. The van der Waals surface area contributed by atoms with Crippen LogP contribution in [0.25, 0.3) is 0 Å². The van der Waals surface area contributed by atoms with Crippen LogP contribution in [0.15, 0.2) is 24.3 Å². The maximum atomic E-state index is 12.3. The minimum atomic E-state index is -0.639. The van der Waals surface area contributed by atoms with Crippen molar-refractivity contribution in [2.45, 2.75) is 45.3 Å². The van der Waals surface area contributed by atoms with Crippen LogP contribution in [0.2, 0.25) is 0 Å². The normalized spacial score (nSPS) is 17.8. The van der Waals surface area contributed by atoms with E-state index in [1.807, 2.05) is 42.8 Å². The quantitative estimate of drug-likeness (QED) is 0.889. The van der Waals surface area contributed by atoms with E-state index in [4.69, 9.17) is 5.73 Å². The number of carbonyl (C=O) groups excluding carboxylic acids is 1. The van der Waals surface area contributed by atoms with Crippen LogP contribution in [0, 0.1) is 13.8 Å². The summed E-state index contributed by atoms with van der Waals surface area (Å²) in [5, 5.41) is 7.37. The number of hydrogen-bond acceptors (Lipinski definition) is 4. The van der Waals surface area contributed by atoms with Crippen LogP contribution >= 0.6 is 12.4 Å². The van der Waals surface area contributed by atoms with Crippen molar-refractivity contribution in [1.82, 2.24) is 20.1 Å². The summed E-state index contributed by atoms with van der Waals surface area (Å²) in [6.45, 7) is 4.55. The van der Waals surface area contributed by atoms with Crippen LogP contribution < -0.4 is 11.1 Å². The van der Waals surface area contributed by atoms with Gasteiger partial charge >= 0.3 is 0 Å². The molecule has 2 aromatic rings. The Morgan fingerprint density at radius 2 is 2.04 bits per heavy atom. The number of benzene rings is 1. The van der Waals surface area contributed by atoms with Crippen LogP contribution in [-0.4, -0.2) is 26.7 Å². The van der Waals surface area contributed by atoms with Crippen molar-refractivity contribution >= 4 is 18.3 Å². The number of nitrogens with one attached hydrogen (secondary N) is 1. The Labute approximate surface area is 141 Å². The maximum Gasteiger partial charge on any atom is 0.241 e. The second kappa shape index (κ2) is 7.10. The second-order valence-electron chi connectivity index (χ2n) is 5.89. The molecule has 0 bridgehead atoms. The first-order valence-electron chi connectivity index (χ1n) is 7.56. The number of carbonyl (C=O) groups is 1. The summed E-state index contributed by atoms with van der Waals surface area (Å²) in [7, 11) is 0. The van der Waals surface area contributed by atoms with Crippen LogP contribution in [0.4, 0.5) is 0 Å². The predicted molar refractivity (Wildman–Crippen MR) is 90.4 cm³/mol. The Hall–Kier alpha value is -1.92. The number of fused-ring (bicyclic) bond motifs is 1. The molecule has 0 fully saturated rings. The lowest BCUT2D eigenvalue weighted by Gasteiger charge is -2.25. The van der Waals surface area contributed by atoms with Gasteiger partial charge in [-0.2, -0.15) is 5.10 Å². The molecule has 1 aliphatic heterocycles. The largest absolute Gasteiger partial charge is 0.350 e. The van der Waals surface area contributed by atoms with Crippen molar-refractivity contribution in [2.24, 2.45) is 5.73 Å². The molecule has 0 spiro atoms. The van der Waals surface area contributed by atoms with Gasteiger partial charge in [0.2, 0.25) is 5.91 Å². The van der Waals surface area contributed by atoms with E-state index in [2.05, 4.69) is 15.4 Å². The molecule has 2 heterocycles. The van der Waals surface area contributed by atoms with Crippen LogP contribution in [0.3, 0.4) is 0 Å². The molecule has 0 saturated heterocycles. The summed E-state index contributed by atoms with van der Waals surface area (Å²) >= 11 is 0. The van der Waals surface area contributed by atoms with E-state index in [-0.39, 0.29) is 24.4 Å². The molecule has 23 heavy (non-hydrogen) atoms. The summed E-state index contributed by atoms with van der Waals surface area (Å²) in [6, 6.07) is 7.15. The minimum absolute atomic E-state index is 0. The van der Waals surface area contributed by atoms with Gasteiger partial charge in [0.1, 0.15) is 17.7 Å². The molecule has 0 radical (unpaired) electrons. The summed E-state index contributed by atoms with van der Waals surface area (Å²) in [5.41, 5.74) is 8.04. The average Bonchev–Trinajstić information content (AvgIpc) is 2.86. The number of aromatic nitrogens is 3. The number of rotatable bonds is 3. The molecule has 6 nitrogen and oxygen atoms in total. The molecular weight excluding hydrogens is 314 g/mol. The number of nitrogens with two attached hydrogens (primary N) is 1. The third-order valence-corrected chi connectivity index (χ3v) is 4.03. The zero-order valence-corrected chi connectivity index (χ0v) is 14.1. The van der Waals surface area contributed by atoms with E-state index < -0.39 is 6.04 Å². The van der Waals surface area contributed by atoms with Crippen molar-refractivity contribution < 1.29 is 4.79 Å². The molecule has 0 saturated carbocycles. The Kier molecular flexibility index (Phi) is 5.38. The fraction of sp³-hybridized carbons (Fsp3) is 0.438. The van der Waals surface area contributed by atoms with E-state index in [0.717, 1.165) is 35.6 Å². The second-order valence-corrected chi connectivity index (χ2v) is 5.89. The van der Waals surface area contributed by atoms with Crippen molar-refractivity contribution in [2.75, 3.05) is 0 Å². The Bertz CT molecular complexity index is 682. The third-order valence-electron chi connectivity index (χ3n) is 4.03. The molecule has 1 aliphatic rings. The lowest BCUT2D eigenvalue weighted by molar-refractivity contribution is -0.123. The van der Waals surface area contributed by atoms with Crippen molar-refractivity contribution in [3.63, 3.8) is 0 Å². The van der Waals surface area contributed by atoms with Gasteiger partial charge in [-0.25, -0.2) is 9.67 Å². The topological polar surface area (TPSA) is 85.8 Å². The van der Waals surface area contributed by atoms with Gasteiger partial charge in [-0.15, -0.1) is 12.4 Å². The molecule has 3 N–H and O–H groups in total. The van der Waals surface area contributed by atoms with Crippen LogP contribution in [-0.2, 0) is 17.8 Å². The molecule has 3 rings (SSSR count). The highest BCUT2D eigenvalue weighted by atomic mass is 35.5. The Morgan fingerprint density at radius 3 is 2.74 bits per heavy atom. The molecule has 1 aromatic heterocycles. The number of amides is 1. The molecular formula is C16H22ClN5O. The number of nitrogens with zero attached hydrogens (tertiary/aromatic N) is 3. The monoisotopic (exact) mass is 335 g/mol. The molecule has 1 amide bonds. The first-order chi connectivity index (χ1) is 10.5. The van der Waals surface area contributed by atoms with Gasteiger partial charge < -0.3 is 11.1 Å². The van der Waals surface area contributed by atoms with Crippen molar-refractivity contribution in [3.05, 3.63) is 47.0 Å². The zero-order chi connectivity index (χ0) is 15.7. The van der Waals surface area contributed by atoms with Gasteiger partial charge in [0, 0.05) is 12.5 Å². The highest BCUT2D eigenvalue weighted by molar-refractivity contribution is 5.85. The zero-order valence-electron chi connectivity index (χ0n) is 13.3. The van der Waals surface area contributed by atoms with Gasteiger partial charge in [0.15, 0.2) is 0 Å². The molecule has 0 aliphatic carbocycles. The number of halogens is 1. The van der Waals surface area contributed by atoms with Gasteiger partial charge in [-0.3, -0.25) is 4.79 Å². The van der Waals surface area contributed by atoms with E-state index in [0.29, 0.717) is 6.54 Å². The summed E-state index contributed by atoms with van der Waals surface area (Å²) in [4.78, 5) is 16.7. The lowest BCUT2D eigenvalue weighted by Crippen LogP contribution is -2.45. The van der Waals surface area contributed by atoms with Gasteiger partial charge in [0.25, 0.3) is 0 Å². The number of aryl methyl sites for hydroxylation is 3. The van der Waals surface area contributed by atoms with Gasteiger partial charge in [-0.1, -0.05) is 29.8 Å². The molecule has 7 heteroatoms. The predicted octanol–water partition coefficient (Wildman–Crippen LogP) is 1.45. The Balaban J connectivity index is 0.00000192. The minimum Gasteiger partial charge on any atom is -0.350 e. The molecule has 124 valence electrons. The molecule has 1 aromatic carbocycles.